The lowest BCUT2D eigenvalue weighted by Gasteiger charge is -2.34. The quantitative estimate of drug-likeness (QED) is 0.156. The lowest BCUT2D eigenvalue weighted by atomic mass is 10.0. The summed E-state index contributed by atoms with van der Waals surface area (Å²) in [5, 5.41) is 3.51. The molecule has 2 amide bonds. The normalized spacial score (nSPS) is 12.0. The number of carbonyl (C=O) groups excluding carboxylic acids is 2. The Morgan fingerprint density at radius 2 is 1.46 bits per heavy atom. The molecule has 0 spiro atoms. The van der Waals surface area contributed by atoms with E-state index < -0.39 is 28.5 Å². The SMILES string of the molecule is CCCNC(=O)C(Cc1ccccc1)N(Cc1ccc(Cl)cc1)C(=O)CN(c1ccc(C(C)C)cc1)S(=O)(=O)c1ccc(C)cc1. The largest absolute Gasteiger partial charge is 0.354 e. The molecule has 1 atom stereocenters. The molecule has 0 saturated heterocycles. The molecule has 0 aliphatic heterocycles. The second-order valence-corrected chi connectivity index (χ2v) is 14.0. The van der Waals surface area contributed by atoms with Crippen LogP contribution in [0.1, 0.15) is 55.4 Å². The van der Waals surface area contributed by atoms with Gasteiger partial charge in [0.15, 0.2) is 0 Å². The summed E-state index contributed by atoms with van der Waals surface area (Å²) in [6, 6.07) is 29.4. The van der Waals surface area contributed by atoms with Crippen LogP contribution in [0.4, 0.5) is 5.69 Å². The van der Waals surface area contributed by atoms with E-state index in [1.807, 2.05) is 56.3 Å². The highest BCUT2D eigenvalue weighted by atomic mass is 35.5. The second kappa shape index (κ2) is 15.9. The molecular weight excluding hydrogens is 618 g/mol. The van der Waals surface area contributed by atoms with Gasteiger partial charge in [-0.15, -0.1) is 0 Å². The van der Waals surface area contributed by atoms with E-state index in [0.717, 1.165) is 33.0 Å². The average Bonchev–Trinajstić information content (AvgIpc) is 3.05. The van der Waals surface area contributed by atoms with E-state index in [4.69, 9.17) is 11.6 Å². The number of sulfonamides is 1. The predicted octanol–water partition coefficient (Wildman–Crippen LogP) is 7.13. The lowest BCUT2D eigenvalue weighted by Crippen LogP contribution is -2.53. The Labute approximate surface area is 278 Å². The fourth-order valence-corrected chi connectivity index (χ4v) is 6.64. The number of nitrogens with zero attached hydrogens (tertiary/aromatic N) is 2. The molecule has 7 nitrogen and oxygen atoms in total. The highest BCUT2D eigenvalue weighted by Crippen LogP contribution is 2.27. The van der Waals surface area contributed by atoms with E-state index in [1.54, 1.807) is 60.7 Å². The van der Waals surface area contributed by atoms with Crippen LogP contribution in [0.25, 0.3) is 0 Å². The van der Waals surface area contributed by atoms with E-state index in [2.05, 4.69) is 19.2 Å². The van der Waals surface area contributed by atoms with Gasteiger partial charge in [-0.3, -0.25) is 13.9 Å². The summed E-state index contributed by atoms with van der Waals surface area (Å²) in [4.78, 5) is 29.8. The van der Waals surface area contributed by atoms with E-state index in [1.165, 1.54) is 4.90 Å². The number of hydrogen-bond acceptors (Lipinski definition) is 4. The number of halogens is 1. The summed E-state index contributed by atoms with van der Waals surface area (Å²) in [7, 11) is -4.16. The van der Waals surface area contributed by atoms with Crippen molar-refractivity contribution in [2.45, 2.75) is 63.9 Å². The van der Waals surface area contributed by atoms with Gasteiger partial charge in [0.2, 0.25) is 11.8 Å². The average molecular weight is 660 g/mol. The molecule has 242 valence electrons. The standard InChI is InChI=1S/C37H42ClN3O4S/c1-5-23-39-37(43)35(24-29-9-7-6-8-10-29)40(25-30-13-17-32(38)18-14-30)36(42)26-41(33-19-15-31(16-20-33)27(2)3)46(44,45)34-21-11-28(4)12-22-34/h6-22,27,35H,5,23-26H2,1-4H3,(H,39,43). The van der Waals surface area contributed by atoms with Crippen molar-refractivity contribution in [2.75, 3.05) is 17.4 Å². The van der Waals surface area contributed by atoms with Crippen LogP contribution in [-0.4, -0.2) is 44.3 Å². The van der Waals surface area contributed by atoms with Crippen molar-refractivity contribution in [2.24, 2.45) is 0 Å². The number of benzene rings is 4. The third-order valence-corrected chi connectivity index (χ3v) is 9.86. The van der Waals surface area contributed by atoms with Gasteiger partial charge in [0.25, 0.3) is 10.0 Å². The Bertz CT molecular complexity index is 1690. The van der Waals surface area contributed by atoms with Crippen molar-refractivity contribution in [3.63, 3.8) is 0 Å². The smallest absolute Gasteiger partial charge is 0.264 e. The van der Waals surface area contributed by atoms with Gasteiger partial charge < -0.3 is 10.2 Å². The fraction of sp³-hybridized carbons (Fsp3) is 0.297. The zero-order chi connectivity index (χ0) is 33.3. The predicted molar refractivity (Wildman–Crippen MR) is 185 cm³/mol. The molecular formula is C37H42ClN3O4S. The number of nitrogens with one attached hydrogen (secondary N) is 1. The van der Waals surface area contributed by atoms with Gasteiger partial charge in [0, 0.05) is 24.5 Å². The lowest BCUT2D eigenvalue weighted by molar-refractivity contribution is -0.140. The van der Waals surface area contributed by atoms with Crippen molar-refractivity contribution >= 4 is 39.1 Å². The van der Waals surface area contributed by atoms with E-state index >= 15 is 0 Å². The Balaban J connectivity index is 1.80. The summed E-state index contributed by atoms with van der Waals surface area (Å²) in [6.07, 6.45) is 0.980. The third kappa shape index (κ3) is 8.98. The van der Waals surface area contributed by atoms with Crippen molar-refractivity contribution in [1.82, 2.24) is 10.2 Å². The van der Waals surface area contributed by atoms with Gasteiger partial charge in [-0.25, -0.2) is 8.42 Å². The van der Waals surface area contributed by atoms with Crippen LogP contribution in [0.2, 0.25) is 5.02 Å². The number of carbonyl (C=O) groups is 2. The minimum absolute atomic E-state index is 0.0737. The maximum absolute atomic E-state index is 14.5. The first-order valence-electron chi connectivity index (χ1n) is 15.5. The fourth-order valence-electron chi connectivity index (χ4n) is 5.10. The van der Waals surface area contributed by atoms with E-state index in [-0.39, 0.29) is 29.7 Å². The Morgan fingerprint density at radius 1 is 0.826 bits per heavy atom. The molecule has 4 aromatic rings. The maximum atomic E-state index is 14.5. The first kappa shape index (κ1) is 34.7. The molecule has 0 fully saturated rings. The van der Waals surface area contributed by atoms with Gasteiger partial charge in [0.1, 0.15) is 12.6 Å². The Morgan fingerprint density at radius 3 is 2.04 bits per heavy atom. The number of amides is 2. The highest BCUT2D eigenvalue weighted by Gasteiger charge is 2.34. The minimum atomic E-state index is -4.16. The molecule has 4 aromatic carbocycles. The first-order valence-corrected chi connectivity index (χ1v) is 17.4. The van der Waals surface area contributed by atoms with Gasteiger partial charge in [0.05, 0.1) is 10.6 Å². The molecule has 0 aliphatic rings. The summed E-state index contributed by atoms with van der Waals surface area (Å²) in [5.74, 6) is -0.568. The monoisotopic (exact) mass is 659 g/mol. The van der Waals surface area contributed by atoms with Crippen LogP contribution in [0.15, 0.2) is 108 Å². The highest BCUT2D eigenvalue weighted by molar-refractivity contribution is 7.92. The number of hydrogen-bond donors (Lipinski definition) is 1. The van der Waals surface area contributed by atoms with Gasteiger partial charge in [-0.05, 0) is 72.4 Å². The second-order valence-electron chi connectivity index (χ2n) is 11.7. The van der Waals surface area contributed by atoms with E-state index in [9.17, 15) is 18.0 Å². The topological polar surface area (TPSA) is 86.8 Å². The molecule has 1 N–H and O–H groups in total. The molecule has 0 heterocycles. The van der Waals surface area contributed by atoms with Crippen LogP contribution in [0, 0.1) is 6.92 Å². The van der Waals surface area contributed by atoms with Crippen molar-refractivity contribution in [1.29, 1.82) is 0 Å². The molecule has 0 bridgehead atoms. The zero-order valence-corrected chi connectivity index (χ0v) is 28.4. The van der Waals surface area contributed by atoms with Crippen LogP contribution in [0.3, 0.4) is 0 Å². The Kier molecular flexibility index (Phi) is 12.0. The molecule has 0 aromatic heterocycles. The first-order chi connectivity index (χ1) is 22.0. The molecule has 0 aliphatic carbocycles. The molecule has 0 saturated carbocycles. The van der Waals surface area contributed by atoms with Crippen LogP contribution in [-0.2, 0) is 32.6 Å². The summed E-state index contributed by atoms with van der Waals surface area (Å²) >= 11 is 6.16. The van der Waals surface area contributed by atoms with E-state index in [0.29, 0.717) is 17.3 Å². The van der Waals surface area contributed by atoms with Crippen molar-refractivity contribution < 1.29 is 18.0 Å². The number of rotatable bonds is 14. The van der Waals surface area contributed by atoms with Gasteiger partial charge >= 0.3 is 0 Å². The molecule has 0 radical (unpaired) electrons. The number of anilines is 1. The van der Waals surface area contributed by atoms with Crippen LogP contribution < -0.4 is 9.62 Å². The molecule has 1 unspecified atom stereocenters. The van der Waals surface area contributed by atoms with Crippen LogP contribution in [0.5, 0.6) is 0 Å². The molecule has 4 rings (SSSR count). The van der Waals surface area contributed by atoms with Gasteiger partial charge in [-0.2, -0.15) is 0 Å². The van der Waals surface area contributed by atoms with Crippen molar-refractivity contribution in [3.05, 3.63) is 130 Å². The summed E-state index contributed by atoms with van der Waals surface area (Å²) in [5.41, 5.74) is 3.95. The number of aryl methyl sites for hydroxylation is 1. The molecule has 9 heteroatoms. The third-order valence-electron chi connectivity index (χ3n) is 7.82. The maximum Gasteiger partial charge on any atom is 0.264 e. The van der Waals surface area contributed by atoms with Gasteiger partial charge in [-0.1, -0.05) is 105 Å². The van der Waals surface area contributed by atoms with Crippen molar-refractivity contribution in [3.8, 4) is 0 Å². The zero-order valence-electron chi connectivity index (χ0n) is 26.8. The van der Waals surface area contributed by atoms with Crippen LogP contribution >= 0.6 is 11.6 Å². The minimum Gasteiger partial charge on any atom is -0.354 e. The Hall–Kier alpha value is -4.14. The summed E-state index contributed by atoms with van der Waals surface area (Å²) in [6.45, 7) is 7.99. The molecule has 46 heavy (non-hydrogen) atoms. The summed E-state index contributed by atoms with van der Waals surface area (Å²) < 4.78 is 29.6.